The number of methoxy groups -OCH3 is 1. The molecule has 2 aromatic carbocycles. The van der Waals surface area contributed by atoms with Crippen molar-refractivity contribution in [3.8, 4) is 5.75 Å². The highest BCUT2D eigenvalue weighted by molar-refractivity contribution is 9.10. The molecule has 0 unspecified atom stereocenters. The Bertz CT molecular complexity index is 1470. The number of fused-ring (bicyclic) bond motifs is 1. The molecule has 12 heteroatoms. The Hall–Kier alpha value is -3.61. The maximum absolute atomic E-state index is 14.5. The molecule has 1 aromatic heterocycles. The van der Waals surface area contributed by atoms with Gasteiger partial charge in [0.2, 0.25) is 5.91 Å². The number of anilines is 3. The van der Waals surface area contributed by atoms with Crippen molar-refractivity contribution in [2.45, 2.75) is 58.7 Å². The molecule has 3 aromatic rings. The lowest BCUT2D eigenvalue weighted by atomic mass is 9.85. The largest absolute Gasteiger partial charge is 0.494 e. The fourth-order valence-electron chi connectivity index (χ4n) is 4.77. The van der Waals surface area contributed by atoms with Crippen LogP contribution < -0.4 is 30.9 Å². The van der Waals surface area contributed by atoms with E-state index in [0.717, 1.165) is 21.5 Å². The number of nitrogens with one attached hydrogen (secondary N) is 4. The van der Waals surface area contributed by atoms with E-state index in [4.69, 9.17) is 4.74 Å². The van der Waals surface area contributed by atoms with Gasteiger partial charge in [0.1, 0.15) is 23.9 Å². The summed E-state index contributed by atoms with van der Waals surface area (Å²) >= 11 is 3.55. The van der Waals surface area contributed by atoms with Gasteiger partial charge in [-0.25, -0.2) is 14.9 Å². The van der Waals surface area contributed by atoms with Gasteiger partial charge in [-0.15, -0.1) is 0 Å². The third-order valence-corrected chi connectivity index (χ3v) is 8.02. The average Bonchev–Trinajstić information content (AvgIpc) is 3.51. The summed E-state index contributed by atoms with van der Waals surface area (Å²) in [6, 6.07) is 8.86. The van der Waals surface area contributed by atoms with E-state index in [2.05, 4.69) is 47.2 Å². The summed E-state index contributed by atoms with van der Waals surface area (Å²) < 4.78 is 6.56. The number of para-hydroxylation sites is 1. The van der Waals surface area contributed by atoms with Gasteiger partial charge >= 0.3 is 0 Å². The number of carbonyl (C=O) groups excluding carboxylic acids is 3. The summed E-state index contributed by atoms with van der Waals surface area (Å²) in [5, 5.41) is 12.9. The molecule has 0 radical (unpaired) electrons. The number of amides is 3. The molecular formula is C30H38BrN7O4. The second kappa shape index (κ2) is 13.1. The summed E-state index contributed by atoms with van der Waals surface area (Å²) in [4.78, 5) is 51.6. The monoisotopic (exact) mass is 639 g/mol. The van der Waals surface area contributed by atoms with E-state index in [9.17, 15) is 14.4 Å². The van der Waals surface area contributed by atoms with E-state index < -0.39 is 35.4 Å². The average molecular weight is 641 g/mol. The number of hydrogen-bond acceptors (Lipinski definition) is 9. The third kappa shape index (κ3) is 6.71. The van der Waals surface area contributed by atoms with Crippen LogP contribution in [0.15, 0.2) is 47.2 Å². The van der Waals surface area contributed by atoms with Crippen molar-refractivity contribution in [2.24, 2.45) is 5.41 Å². The first-order valence-electron chi connectivity index (χ1n) is 13.9. The molecule has 1 aliphatic rings. The fourth-order valence-corrected chi connectivity index (χ4v) is 5.16. The molecule has 42 heavy (non-hydrogen) atoms. The number of aromatic nitrogens is 2. The number of halogens is 1. The number of nitrogens with zero attached hydrogens (tertiary/aromatic N) is 3. The van der Waals surface area contributed by atoms with Gasteiger partial charge in [-0.3, -0.25) is 14.4 Å². The van der Waals surface area contributed by atoms with Crippen molar-refractivity contribution in [3.63, 3.8) is 0 Å². The normalized spacial score (nSPS) is 16.5. The maximum Gasteiger partial charge on any atom is 0.257 e. The minimum Gasteiger partial charge on any atom is -0.494 e. The summed E-state index contributed by atoms with van der Waals surface area (Å²) in [5.74, 6) is -0.561. The van der Waals surface area contributed by atoms with Crippen molar-refractivity contribution < 1.29 is 19.1 Å². The van der Waals surface area contributed by atoms with Gasteiger partial charge in [0.15, 0.2) is 0 Å². The van der Waals surface area contributed by atoms with Crippen LogP contribution in [0.4, 0.5) is 17.2 Å². The SMILES string of the molecule is CN[C@@H](C)C(=O)N[C@H](C(=O)N(C(=O)[C@@H]1CCCN1)c1cc2c(Nc3ccccc3Br)ncnc2cc1OC)C(C)(C)C. The van der Waals surface area contributed by atoms with Crippen LogP contribution in [0.1, 0.15) is 40.5 Å². The van der Waals surface area contributed by atoms with Crippen LogP contribution >= 0.6 is 15.9 Å². The summed E-state index contributed by atoms with van der Waals surface area (Å²) in [5.41, 5.74) is 0.857. The van der Waals surface area contributed by atoms with Crippen LogP contribution in [0.5, 0.6) is 5.75 Å². The van der Waals surface area contributed by atoms with E-state index in [-0.39, 0.29) is 17.3 Å². The number of imide groups is 1. The number of rotatable bonds is 9. The van der Waals surface area contributed by atoms with Crippen molar-refractivity contribution in [1.29, 1.82) is 0 Å². The van der Waals surface area contributed by atoms with E-state index in [1.54, 1.807) is 26.1 Å². The molecule has 0 spiro atoms. The van der Waals surface area contributed by atoms with Crippen molar-refractivity contribution in [2.75, 3.05) is 30.9 Å². The molecule has 0 saturated carbocycles. The first-order valence-corrected chi connectivity index (χ1v) is 14.7. The second-order valence-electron chi connectivity index (χ2n) is 11.3. The smallest absolute Gasteiger partial charge is 0.257 e. The Labute approximate surface area is 254 Å². The third-order valence-electron chi connectivity index (χ3n) is 7.33. The van der Waals surface area contributed by atoms with Crippen LogP contribution in [0.2, 0.25) is 0 Å². The van der Waals surface area contributed by atoms with Gasteiger partial charge in [0, 0.05) is 15.9 Å². The topological polar surface area (TPSA) is 138 Å². The van der Waals surface area contributed by atoms with Crippen LogP contribution in [0.25, 0.3) is 10.9 Å². The molecular weight excluding hydrogens is 602 g/mol. The zero-order valence-electron chi connectivity index (χ0n) is 24.7. The quantitative estimate of drug-likeness (QED) is 0.275. The highest BCUT2D eigenvalue weighted by Crippen LogP contribution is 2.38. The predicted molar refractivity (Wildman–Crippen MR) is 167 cm³/mol. The molecule has 4 N–H and O–H groups in total. The second-order valence-corrected chi connectivity index (χ2v) is 12.2. The highest BCUT2D eigenvalue weighted by Gasteiger charge is 2.42. The van der Waals surface area contributed by atoms with Crippen LogP contribution in [-0.4, -0.2) is 66.5 Å². The van der Waals surface area contributed by atoms with Crippen molar-refractivity contribution in [1.82, 2.24) is 25.9 Å². The molecule has 1 aliphatic heterocycles. The van der Waals surface area contributed by atoms with Crippen molar-refractivity contribution in [3.05, 3.63) is 47.2 Å². The van der Waals surface area contributed by atoms with Crippen molar-refractivity contribution >= 4 is 61.7 Å². The molecule has 0 aliphatic carbocycles. The van der Waals surface area contributed by atoms with Gasteiger partial charge in [0.05, 0.1) is 36.1 Å². The summed E-state index contributed by atoms with van der Waals surface area (Å²) in [6.45, 7) is 7.92. The van der Waals surface area contributed by atoms with Crippen LogP contribution in [-0.2, 0) is 14.4 Å². The van der Waals surface area contributed by atoms with Gasteiger partial charge in [-0.05, 0) is 72.9 Å². The van der Waals surface area contributed by atoms with Gasteiger partial charge in [-0.2, -0.15) is 0 Å². The van der Waals surface area contributed by atoms with Gasteiger partial charge < -0.3 is 26.0 Å². The van der Waals surface area contributed by atoms with E-state index in [1.165, 1.54) is 13.4 Å². The lowest BCUT2D eigenvalue weighted by Gasteiger charge is -2.36. The number of hydrogen-bond donors (Lipinski definition) is 4. The number of benzene rings is 2. The Morgan fingerprint density at radius 1 is 1.17 bits per heavy atom. The lowest BCUT2D eigenvalue weighted by Crippen LogP contribution is -2.60. The summed E-state index contributed by atoms with van der Waals surface area (Å²) in [6.07, 6.45) is 2.82. The highest BCUT2D eigenvalue weighted by atomic mass is 79.9. The molecule has 224 valence electrons. The Kier molecular flexibility index (Phi) is 9.80. The van der Waals surface area contributed by atoms with Crippen LogP contribution in [0.3, 0.4) is 0 Å². The number of carbonyl (C=O) groups is 3. The molecule has 3 atom stereocenters. The zero-order valence-corrected chi connectivity index (χ0v) is 26.3. The standard InChI is InChI=1S/C30H38BrN7O4/c1-17(32-5)27(39)37-25(30(2,3)4)29(41)38(28(40)21-12-9-13-33-21)23-14-18-22(15-24(23)42-6)34-16-35-26(18)36-20-11-8-7-10-19(20)31/h7-8,10-11,14-17,21,25,32-33H,9,12-13H2,1-6H3,(H,37,39)(H,34,35,36)/t17-,21-,25+/m0/s1. The maximum atomic E-state index is 14.5. The minimum atomic E-state index is -1.02. The molecule has 3 amide bonds. The molecule has 1 fully saturated rings. The molecule has 2 heterocycles. The van der Waals surface area contributed by atoms with E-state index in [1.807, 2.05) is 45.0 Å². The minimum absolute atomic E-state index is 0.240. The lowest BCUT2D eigenvalue weighted by molar-refractivity contribution is -0.134. The number of ether oxygens (including phenoxy) is 1. The predicted octanol–water partition coefficient (Wildman–Crippen LogP) is 3.89. The molecule has 1 saturated heterocycles. The molecule has 11 nitrogen and oxygen atoms in total. The summed E-state index contributed by atoms with van der Waals surface area (Å²) in [7, 11) is 3.14. The first-order chi connectivity index (χ1) is 20.0. The molecule has 4 rings (SSSR count). The fraction of sp³-hybridized carbons (Fsp3) is 0.433. The van der Waals surface area contributed by atoms with E-state index in [0.29, 0.717) is 29.7 Å². The Morgan fingerprint density at radius 2 is 1.90 bits per heavy atom. The Balaban J connectivity index is 1.88. The van der Waals surface area contributed by atoms with E-state index >= 15 is 0 Å². The van der Waals surface area contributed by atoms with Gasteiger partial charge in [0.25, 0.3) is 11.8 Å². The number of likely N-dealkylation sites (N-methyl/N-ethyl adjacent to an activating group) is 1. The van der Waals surface area contributed by atoms with Gasteiger partial charge in [-0.1, -0.05) is 32.9 Å². The zero-order chi connectivity index (χ0) is 30.6. The van der Waals surface area contributed by atoms with Crippen LogP contribution in [0, 0.1) is 5.41 Å². The Morgan fingerprint density at radius 3 is 2.52 bits per heavy atom. The first kappa shape index (κ1) is 31.3. The molecule has 0 bridgehead atoms.